The smallest absolute Gasteiger partial charge is 0.492 e. The van der Waals surface area contributed by atoms with Crippen LogP contribution in [0.2, 0.25) is 0 Å². The Labute approximate surface area is 160 Å². The molecule has 6 nitrogen and oxygen atoms in total. The van der Waals surface area contributed by atoms with Gasteiger partial charge in [-0.15, -0.1) is 13.2 Å². The summed E-state index contributed by atoms with van der Waals surface area (Å²) >= 11 is 0. The lowest BCUT2D eigenvalue weighted by molar-refractivity contribution is -0.275. The van der Waals surface area contributed by atoms with E-state index in [0.717, 1.165) is 6.07 Å². The molecule has 0 unspecified atom stereocenters. The third kappa shape index (κ3) is 5.05. The second-order valence-corrected chi connectivity index (χ2v) is 5.89. The van der Waals surface area contributed by atoms with Gasteiger partial charge in [-0.1, -0.05) is 13.0 Å². The molecule has 0 bridgehead atoms. The fourth-order valence-corrected chi connectivity index (χ4v) is 2.67. The number of ether oxygens (including phenoxy) is 3. The summed E-state index contributed by atoms with van der Waals surface area (Å²) in [6, 6.07) is 5.77. The first kappa shape index (κ1) is 21.3. The maximum absolute atomic E-state index is 12.7. The number of nitrogens with one attached hydrogen (secondary N) is 1. The maximum atomic E-state index is 12.7. The summed E-state index contributed by atoms with van der Waals surface area (Å²) in [7, 11) is 2.63. The van der Waals surface area contributed by atoms with Gasteiger partial charge in [-0.25, -0.2) is 4.98 Å². The quantitative estimate of drug-likeness (QED) is 0.731. The highest BCUT2D eigenvalue weighted by Crippen LogP contribution is 2.42. The molecule has 1 amide bonds. The van der Waals surface area contributed by atoms with Gasteiger partial charge in [-0.2, -0.15) is 0 Å². The number of pyridine rings is 1. The molecular formula is C19H21F3N2O4. The third-order valence-electron chi connectivity index (χ3n) is 3.79. The lowest BCUT2D eigenvalue weighted by atomic mass is 10.0. The van der Waals surface area contributed by atoms with Crippen LogP contribution in [0.3, 0.4) is 0 Å². The summed E-state index contributed by atoms with van der Waals surface area (Å²) < 4.78 is 52.5. The Bertz CT molecular complexity index is 854. The molecule has 1 N–H and O–H groups in total. The summed E-state index contributed by atoms with van der Waals surface area (Å²) in [5, 5.41) is 2.72. The second kappa shape index (κ2) is 8.81. The number of alkyl halides is 3. The first-order chi connectivity index (χ1) is 13.2. The number of para-hydroxylation sites is 1. The van der Waals surface area contributed by atoms with E-state index in [2.05, 4.69) is 15.0 Å². The Kier molecular flexibility index (Phi) is 6.71. The molecule has 28 heavy (non-hydrogen) atoms. The molecule has 1 heterocycles. The molecule has 0 saturated heterocycles. The summed E-state index contributed by atoms with van der Waals surface area (Å²) in [5.41, 5.74) is 1.63. The highest BCUT2D eigenvalue weighted by molar-refractivity contribution is 5.92. The molecule has 0 atom stereocenters. The molecule has 9 heteroatoms. The average molecular weight is 398 g/mol. The van der Waals surface area contributed by atoms with Crippen LogP contribution in [0.4, 0.5) is 18.9 Å². The first-order valence-electron chi connectivity index (χ1n) is 8.48. The number of methoxy groups -OCH3 is 2. The van der Waals surface area contributed by atoms with Gasteiger partial charge in [0.2, 0.25) is 11.8 Å². The zero-order valence-corrected chi connectivity index (χ0v) is 15.9. The van der Waals surface area contributed by atoms with Crippen LogP contribution >= 0.6 is 0 Å². The van der Waals surface area contributed by atoms with Gasteiger partial charge in [0.25, 0.3) is 0 Å². The van der Waals surface area contributed by atoms with Gasteiger partial charge in [-0.05, 0) is 37.1 Å². The Morgan fingerprint density at radius 1 is 1.21 bits per heavy atom. The fraction of sp³-hybridized carbons (Fsp3) is 0.368. The van der Waals surface area contributed by atoms with Crippen molar-refractivity contribution in [1.82, 2.24) is 4.98 Å². The fourth-order valence-electron chi connectivity index (χ4n) is 2.67. The minimum Gasteiger partial charge on any atom is -0.492 e. The van der Waals surface area contributed by atoms with Crippen LogP contribution in [-0.4, -0.2) is 31.5 Å². The van der Waals surface area contributed by atoms with E-state index in [9.17, 15) is 18.0 Å². The highest BCUT2D eigenvalue weighted by Gasteiger charge is 2.33. The molecule has 2 aromatic rings. The van der Waals surface area contributed by atoms with Crippen molar-refractivity contribution in [2.75, 3.05) is 19.5 Å². The SMILES string of the molecule is CCCC(=O)Nc1cc(C)c(-c2cccc(OC(F)(F)F)c2OC)nc1OC. The summed E-state index contributed by atoms with van der Waals surface area (Å²) in [6.45, 7) is 3.60. The van der Waals surface area contributed by atoms with Gasteiger partial charge in [0.1, 0.15) is 5.69 Å². The van der Waals surface area contributed by atoms with Crippen LogP contribution in [0.5, 0.6) is 17.4 Å². The average Bonchev–Trinajstić information content (AvgIpc) is 2.60. The second-order valence-electron chi connectivity index (χ2n) is 5.89. The number of carbonyl (C=O) groups excluding carboxylic acids is 1. The molecule has 0 radical (unpaired) electrons. The van der Waals surface area contributed by atoms with Gasteiger partial charge in [0.05, 0.1) is 19.9 Å². The minimum absolute atomic E-state index is 0.111. The van der Waals surface area contributed by atoms with Crippen molar-refractivity contribution < 1.29 is 32.2 Å². The number of aromatic nitrogens is 1. The topological polar surface area (TPSA) is 69.7 Å². The number of rotatable bonds is 7. The van der Waals surface area contributed by atoms with E-state index in [0.29, 0.717) is 35.3 Å². The molecule has 1 aromatic carbocycles. The largest absolute Gasteiger partial charge is 0.573 e. The van der Waals surface area contributed by atoms with E-state index in [1.807, 2.05) is 6.92 Å². The van der Waals surface area contributed by atoms with Crippen molar-refractivity contribution in [3.05, 3.63) is 29.8 Å². The van der Waals surface area contributed by atoms with Gasteiger partial charge < -0.3 is 19.5 Å². The van der Waals surface area contributed by atoms with E-state index in [-0.39, 0.29) is 17.5 Å². The Morgan fingerprint density at radius 3 is 2.50 bits per heavy atom. The molecule has 0 fully saturated rings. The molecule has 0 spiro atoms. The van der Waals surface area contributed by atoms with Crippen LogP contribution in [0.25, 0.3) is 11.3 Å². The predicted octanol–water partition coefficient (Wildman–Crippen LogP) is 4.71. The monoisotopic (exact) mass is 398 g/mol. The van der Waals surface area contributed by atoms with Crippen molar-refractivity contribution in [1.29, 1.82) is 0 Å². The van der Waals surface area contributed by atoms with Gasteiger partial charge >= 0.3 is 6.36 Å². The lowest BCUT2D eigenvalue weighted by Crippen LogP contribution is -2.17. The number of benzene rings is 1. The molecule has 2 rings (SSSR count). The number of anilines is 1. The van der Waals surface area contributed by atoms with Crippen molar-refractivity contribution in [3.8, 4) is 28.6 Å². The molecule has 1 aromatic heterocycles. The van der Waals surface area contributed by atoms with Crippen LogP contribution in [0.1, 0.15) is 25.3 Å². The molecule has 0 aliphatic rings. The Balaban J connectivity index is 2.53. The van der Waals surface area contributed by atoms with Crippen LogP contribution in [-0.2, 0) is 4.79 Å². The van der Waals surface area contributed by atoms with E-state index >= 15 is 0 Å². The number of amides is 1. The zero-order valence-electron chi connectivity index (χ0n) is 15.9. The number of hydrogen-bond acceptors (Lipinski definition) is 5. The molecule has 152 valence electrons. The lowest BCUT2D eigenvalue weighted by Gasteiger charge is -2.18. The number of nitrogens with zero attached hydrogens (tertiary/aromatic N) is 1. The van der Waals surface area contributed by atoms with Crippen molar-refractivity contribution in [2.24, 2.45) is 0 Å². The number of aryl methyl sites for hydroxylation is 1. The van der Waals surface area contributed by atoms with Gasteiger partial charge in [-0.3, -0.25) is 4.79 Å². The van der Waals surface area contributed by atoms with Crippen molar-refractivity contribution in [3.63, 3.8) is 0 Å². The van der Waals surface area contributed by atoms with Crippen LogP contribution < -0.4 is 19.5 Å². The zero-order chi connectivity index (χ0) is 20.9. The summed E-state index contributed by atoms with van der Waals surface area (Å²) in [6.07, 6.45) is -3.84. The van der Waals surface area contributed by atoms with Crippen molar-refractivity contribution >= 4 is 11.6 Å². The van der Waals surface area contributed by atoms with Gasteiger partial charge in [0, 0.05) is 12.0 Å². The van der Waals surface area contributed by atoms with Crippen LogP contribution in [0, 0.1) is 6.92 Å². The number of halogens is 3. The first-order valence-corrected chi connectivity index (χ1v) is 8.48. The molecule has 0 aliphatic heterocycles. The predicted molar refractivity (Wildman–Crippen MR) is 97.7 cm³/mol. The van der Waals surface area contributed by atoms with Crippen LogP contribution in [0.15, 0.2) is 24.3 Å². The van der Waals surface area contributed by atoms with E-state index < -0.39 is 12.1 Å². The minimum atomic E-state index is -4.86. The molecule has 0 aliphatic carbocycles. The van der Waals surface area contributed by atoms with Crippen molar-refractivity contribution in [2.45, 2.75) is 33.1 Å². The highest BCUT2D eigenvalue weighted by atomic mass is 19.4. The summed E-state index contributed by atoms with van der Waals surface area (Å²) in [4.78, 5) is 16.3. The Morgan fingerprint density at radius 2 is 1.93 bits per heavy atom. The standard InChI is InChI=1S/C19H21F3N2O4/c1-5-7-15(25)23-13-10-11(2)16(24-18(13)27-4)12-8-6-9-14(17(12)26-3)28-19(20,21)22/h6,8-10H,5,7H2,1-4H3,(H,23,25). The van der Waals surface area contributed by atoms with Gasteiger partial charge in [0.15, 0.2) is 11.5 Å². The van der Waals surface area contributed by atoms with E-state index in [4.69, 9.17) is 9.47 Å². The third-order valence-corrected chi connectivity index (χ3v) is 3.79. The molecule has 0 saturated carbocycles. The van der Waals surface area contributed by atoms with E-state index in [1.54, 1.807) is 19.1 Å². The summed E-state index contributed by atoms with van der Waals surface area (Å²) in [5.74, 6) is -0.643. The normalized spacial score (nSPS) is 11.1. The Hall–Kier alpha value is -2.97. The number of carbonyl (C=O) groups is 1. The molecular weight excluding hydrogens is 377 g/mol. The van der Waals surface area contributed by atoms with E-state index in [1.165, 1.54) is 20.3 Å². The maximum Gasteiger partial charge on any atom is 0.573 e. The number of hydrogen-bond donors (Lipinski definition) is 1.